The topological polar surface area (TPSA) is 38.8 Å². The Morgan fingerprint density at radius 3 is 2.64 bits per heavy atom. The Kier molecular flexibility index (Phi) is 3.37. The van der Waals surface area contributed by atoms with E-state index >= 15 is 0 Å². The smallest absolute Gasteiger partial charge is 0.410 e. The molecule has 1 atom stereocenters. The molecule has 0 aromatic carbocycles. The summed E-state index contributed by atoms with van der Waals surface area (Å²) in [5, 5.41) is 0. The number of ether oxygens (including phenoxy) is 2. The first-order valence-corrected chi connectivity index (χ1v) is 4.97. The third-order valence-corrected chi connectivity index (χ3v) is 2.00. The number of rotatable bonds is 0. The SMILES string of the molecule is C[C@H]1COCCN1C(=O)OC(C)(C)C. The average Bonchev–Trinajstić information content (AvgIpc) is 2.01. The minimum atomic E-state index is -0.422. The summed E-state index contributed by atoms with van der Waals surface area (Å²) in [6, 6.07) is 0.110. The van der Waals surface area contributed by atoms with E-state index in [-0.39, 0.29) is 12.1 Å². The van der Waals surface area contributed by atoms with E-state index < -0.39 is 5.60 Å². The van der Waals surface area contributed by atoms with E-state index in [9.17, 15) is 4.79 Å². The van der Waals surface area contributed by atoms with Gasteiger partial charge in [0.25, 0.3) is 0 Å². The van der Waals surface area contributed by atoms with Gasteiger partial charge in [0.1, 0.15) is 5.60 Å². The van der Waals surface area contributed by atoms with Crippen molar-refractivity contribution in [3.8, 4) is 0 Å². The predicted octanol–water partition coefficient (Wildman–Crippen LogP) is 1.64. The molecule has 1 aliphatic heterocycles. The van der Waals surface area contributed by atoms with Crippen LogP contribution in [0.15, 0.2) is 0 Å². The van der Waals surface area contributed by atoms with Crippen LogP contribution in [-0.2, 0) is 9.47 Å². The van der Waals surface area contributed by atoms with Crippen LogP contribution in [0.1, 0.15) is 27.7 Å². The molecule has 0 aromatic heterocycles. The van der Waals surface area contributed by atoms with Crippen LogP contribution in [0.5, 0.6) is 0 Å². The highest BCUT2D eigenvalue weighted by atomic mass is 16.6. The van der Waals surface area contributed by atoms with Crippen molar-refractivity contribution in [1.29, 1.82) is 0 Å². The number of hydrogen-bond donors (Lipinski definition) is 0. The maximum atomic E-state index is 11.7. The summed E-state index contributed by atoms with van der Waals surface area (Å²) < 4.78 is 10.5. The van der Waals surface area contributed by atoms with E-state index in [1.54, 1.807) is 4.90 Å². The Labute approximate surface area is 85.2 Å². The van der Waals surface area contributed by atoms with Gasteiger partial charge in [-0.1, -0.05) is 0 Å². The number of nitrogens with zero attached hydrogens (tertiary/aromatic N) is 1. The van der Waals surface area contributed by atoms with Crippen LogP contribution >= 0.6 is 0 Å². The van der Waals surface area contributed by atoms with Gasteiger partial charge in [-0.05, 0) is 27.7 Å². The molecule has 0 N–H and O–H groups in total. The summed E-state index contributed by atoms with van der Waals surface area (Å²) in [5.41, 5.74) is -0.422. The molecule has 1 amide bonds. The zero-order valence-corrected chi connectivity index (χ0v) is 9.37. The molecule has 0 bridgehead atoms. The molecule has 1 rings (SSSR count). The Morgan fingerprint density at radius 2 is 2.14 bits per heavy atom. The zero-order valence-electron chi connectivity index (χ0n) is 9.37. The highest BCUT2D eigenvalue weighted by Gasteiger charge is 2.27. The van der Waals surface area contributed by atoms with E-state index in [1.165, 1.54) is 0 Å². The molecule has 1 saturated heterocycles. The average molecular weight is 201 g/mol. The van der Waals surface area contributed by atoms with E-state index in [4.69, 9.17) is 9.47 Å². The molecule has 0 aliphatic carbocycles. The van der Waals surface area contributed by atoms with Crippen molar-refractivity contribution in [3.63, 3.8) is 0 Å². The Balaban J connectivity index is 2.50. The van der Waals surface area contributed by atoms with Gasteiger partial charge in [0.2, 0.25) is 0 Å². The van der Waals surface area contributed by atoms with Gasteiger partial charge < -0.3 is 14.4 Å². The Bertz CT molecular complexity index is 210. The highest BCUT2D eigenvalue weighted by Crippen LogP contribution is 2.13. The van der Waals surface area contributed by atoms with E-state index in [0.717, 1.165) is 0 Å². The fraction of sp³-hybridized carbons (Fsp3) is 0.900. The third-order valence-electron chi connectivity index (χ3n) is 2.00. The standard InChI is InChI=1S/C10H19NO3/c1-8-7-13-6-5-11(8)9(12)14-10(2,3)4/h8H,5-7H2,1-4H3/t8-/m0/s1. The van der Waals surface area contributed by atoms with E-state index in [2.05, 4.69) is 0 Å². The lowest BCUT2D eigenvalue weighted by molar-refractivity contribution is -0.0278. The molecule has 82 valence electrons. The van der Waals surface area contributed by atoms with Gasteiger partial charge in [-0.25, -0.2) is 4.79 Å². The molecule has 1 fully saturated rings. The summed E-state index contributed by atoms with van der Waals surface area (Å²) >= 11 is 0. The summed E-state index contributed by atoms with van der Waals surface area (Å²) in [5.74, 6) is 0. The van der Waals surface area contributed by atoms with Crippen LogP contribution in [0, 0.1) is 0 Å². The summed E-state index contributed by atoms with van der Waals surface area (Å²) in [4.78, 5) is 13.4. The second-order valence-electron chi connectivity index (χ2n) is 4.60. The Morgan fingerprint density at radius 1 is 1.50 bits per heavy atom. The van der Waals surface area contributed by atoms with Gasteiger partial charge in [0.05, 0.1) is 19.3 Å². The van der Waals surface area contributed by atoms with E-state index in [0.29, 0.717) is 19.8 Å². The van der Waals surface area contributed by atoms with Gasteiger partial charge in [-0.3, -0.25) is 0 Å². The van der Waals surface area contributed by atoms with Crippen molar-refractivity contribution in [2.75, 3.05) is 19.8 Å². The molecule has 1 aliphatic rings. The van der Waals surface area contributed by atoms with Crippen LogP contribution in [0.25, 0.3) is 0 Å². The maximum Gasteiger partial charge on any atom is 0.410 e. The minimum Gasteiger partial charge on any atom is -0.444 e. The van der Waals surface area contributed by atoms with Crippen LogP contribution in [0.4, 0.5) is 4.79 Å². The van der Waals surface area contributed by atoms with Crippen molar-refractivity contribution in [1.82, 2.24) is 4.90 Å². The van der Waals surface area contributed by atoms with Crippen LogP contribution in [-0.4, -0.2) is 42.4 Å². The van der Waals surface area contributed by atoms with Crippen molar-refractivity contribution >= 4 is 6.09 Å². The molecule has 0 radical (unpaired) electrons. The lowest BCUT2D eigenvalue weighted by Crippen LogP contribution is -2.48. The summed E-state index contributed by atoms with van der Waals surface area (Å²) in [6.45, 7) is 9.39. The lowest BCUT2D eigenvalue weighted by Gasteiger charge is -2.34. The highest BCUT2D eigenvalue weighted by molar-refractivity contribution is 5.68. The van der Waals surface area contributed by atoms with Gasteiger partial charge in [0, 0.05) is 6.54 Å². The number of hydrogen-bond acceptors (Lipinski definition) is 3. The monoisotopic (exact) mass is 201 g/mol. The molecule has 0 spiro atoms. The Hall–Kier alpha value is -0.770. The summed E-state index contributed by atoms with van der Waals surface area (Å²) in [6.07, 6.45) is -0.242. The molecule has 0 aromatic rings. The van der Waals surface area contributed by atoms with Crippen LogP contribution in [0.3, 0.4) is 0 Å². The number of carbonyl (C=O) groups excluding carboxylic acids is 1. The van der Waals surface area contributed by atoms with Crippen molar-refractivity contribution < 1.29 is 14.3 Å². The third kappa shape index (κ3) is 3.18. The molecule has 0 unspecified atom stereocenters. The summed E-state index contributed by atoms with van der Waals surface area (Å²) in [7, 11) is 0. The van der Waals surface area contributed by atoms with Crippen molar-refractivity contribution in [2.24, 2.45) is 0 Å². The first-order chi connectivity index (χ1) is 6.40. The number of carbonyl (C=O) groups is 1. The number of morpholine rings is 1. The van der Waals surface area contributed by atoms with Gasteiger partial charge >= 0.3 is 6.09 Å². The van der Waals surface area contributed by atoms with Crippen molar-refractivity contribution in [3.05, 3.63) is 0 Å². The molecular formula is C10H19NO3. The van der Waals surface area contributed by atoms with Gasteiger partial charge in [-0.2, -0.15) is 0 Å². The normalized spacial score (nSPS) is 23.4. The van der Waals surface area contributed by atoms with Gasteiger partial charge in [0.15, 0.2) is 0 Å². The fourth-order valence-corrected chi connectivity index (χ4v) is 1.32. The van der Waals surface area contributed by atoms with E-state index in [1.807, 2.05) is 27.7 Å². The molecular weight excluding hydrogens is 182 g/mol. The first-order valence-electron chi connectivity index (χ1n) is 4.97. The second-order valence-corrected chi connectivity index (χ2v) is 4.60. The largest absolute Gasteiger partial charge is 0.444 e. The molecule has 4 nitrogen and oxygen atoms in total. The quantitative estimate of drug-likeness (QED) is 0.598. The van der Waals surface area contributed by atoms with Crippen LogP contribution in [0.2, 0.25) is 0 Å². The molecule has 1 heterocycles. The lowest BCUT2D eigenvalue weighted by atomic mass is 10.2. The maximum absolute atomic E-state index is 11.7. The molecule has 0 saturated carbocycles. The van der Waals surface area contributed by atoms with Gasteiger partial charge in [-0.15, -0.1) is 0 Å². The second kappa shape index (κ2) is 4.17. The van der Waals surface area contributed by atoms with Crippen LogP contribution < -0.4 is 0 Å². The van der Waals surface area contributed by atoms with Crippen molar-refractivity contribution in [2.45, 2.75) is 39.3 Å². The first kappa shape index (κ1) is 11.3. The molecule has 4 heteroatoms. The predicted molar refractivity (Wildman–Crippen MR) is 53.2 cm³/mol. The fourth-order valence-electron chi connectivity index (χ4n) is 1.32. The number of amides is 1. The molecule has 14 heavy (non-hydrogen) atoms. The zero-order chi connectivity index (χ0) is 10.8. The minimum absolute atomic E-state index is 0.110.